The second-order valence-electron chi connectivity index (χ2n) is 9.25. The first-order valence-electron chi connectivity index (χ1n) is 12.0. The van der Waals surface area contributed by atoms with Crippen LogP contribution in [0.25, 0.3) is 11.2 Å². The van der Waals surface area contributed by atoms with Crippen LogP contribution in [0.1, 0.15) is 40.9 Å². The molecule has 1 saturated heterocycles. The highest BCUT2D eigenvalue weighted by Gasteiger charge is 2.32. The molecule has 10 heteroatoms. The third kappa shape index (κ3) is 3.93. The van der Waals surface area contributed by atoms with E-state index in [1.165, 1.54) is 0 Å². The van der Waals surface area contributed by atoms with Gasteiger partial charge in [0.2, 0.25) is 0 Å². The zero-order valence-corrected chi connectivity index (χ0v) is 20.2. The molecule has 0 radical (unpaired) electrons. The number of benzene rings is 1. The van der Waals surface area contributed by atoms with Crippen molar-refractivity contribution in [1.29, 1.82) is 0 Å². The van der Waals surface area contributed by atoms with Crippen LogP contribution < -0.4 is 9.64 Å². The van der Waals surface area contributed by atoms with E-state index in [1.807, 2.05) is 25.2 Å². The van der Waals surface area contributed by atoms with Gasteiger partial charge in [0.25, 0.3) is 0 Å². The molecule has 2 aliphatic rings. The molecule has 0 bridgehead atoms. The van der Waals surface area contributed by atoms with Gasteiger partial charge in [-0.3, -0.25) is 9.48 Å². The summed E-state index contributed by atoms with van der Waals surface area (Å²) in [5.74, 6) is 1.68. The Morgan fingerprint density at radius 2 is 2.14 bits per heavy atom. The number of carbonyl (C=O) groups excluding carboxylic acids is 1. The molecule has 180 valence electrons. The first-order valence-corrected chi connectivity index (χ1v) is 12.3. The van der Waals surface area contributed by atoms with Crippen LogP contribution in [0, 0.1) is 5.92 Å². The average Bonchev–Trinajstić information content (AvgIpc) is 3.61. The van der Waals surface area contributed by atoms with Crippen molar-refractivity contribution in [3.63, 3.8) is 0 Å². The number of aryl methyl sites for hydroxylation is 1. The molecule has 1 aliphatic heterocycles. The smallest absolute Gasteiger partial charge is 0.166 e. The maximum absolute atomic E-state index is 13.4. The summed E-state index contributed by atoms with van der Waals surface area (Å²) in [6, 6.07) is 5.98. The van der Waals surface area contributed by atoms with Crippen molar-refractivity contribution in [3.05, 3.63) is 58.9 Å². The van der Waals surface area contributed by atoms with Gasteiger partial charge in [-0.2, -0.15) is 5.10 Å². The summed E-state index contributed by atoms with van der Waals surface area (Å²) in [7, 11) is 1.86. The number of halogens is 1. The number of Topliss-reactive ketones (excluding diaryl/α,β-unsaturated/α-hetero) is 1. The van der Waals surface area contributed by atoms with Crippen LogP contribution in [-0.4, -0.2) is 54.7 Å². The number of hydrogen-bond acceptors (Lipinski definition) is 7. The van der Waals surface area contributed by atoms with E-state index in [0.29, 0.717) is 18.1 Å². The molecule has 0 unspecified atom stereocenters. The molecule has 4 heterocycles. The fourth-order valence-electron chi connectivity index (χ4n) is 5.39. The number of hydrogen-bond donors (Lipinski definition) is 1. The van der Waals surface area contributed by atoms with Crippen LogP contribution in [-0.2, 0) is 19.9 Å². The Bertz CT molecular complexity index is 1380. The molecule has 0 saturated carbocycles. The molecule has 35 heavy (non-hydrogen) atoms. The summed E-state index contributed by atoms with van der Waals surface area (Å²) in [5.41, 5.74) is 4.18. The van der Waals surface area contributed by atoms with Gasteiger partial charge in [-0.05, 0) is 31.7 Å². The Morgan fingerprint density at radius 3 is 3.00 bits per heavy atom. The first kappa shape index (κ1) is 22.0. The van der Waals surface area contributed by atoms with Crippen molar-refractivity contribution in [2.24, 2.45) is 13.0 Å². The molecular weight excluding hydrogens is 466 g/mol. The molecule has 4 aromatic rings. The van der Waals surface area contributed by atoms with Gasteiger partial charge in [-0.15, -0.1) is 0 Å². The SMILES string of the molecule is Cn1ncc(Cl)c1C[C@H]1CCc2c(OC[C@H]3CCCN3c3ncnc4[nH]cnc34)cccc2C1=O. The highest BCUT2D eigenvalue weighted by molar-refractivity contribution is 6.31. The zero-order chi connectivity index (χ0) is 23.9. The number of ketones is 1. The minimum atomic E-state index is -0.106. The minimum Gasteiger partial charge on any atom is -0.491 e. The molecule has 3 aromatic heterocycles. The predicted molar refractivity (Wildman–Crippen MR) is 132 cm³/mol. The minimum absolute atomic E-state index is 0.106. The van der Waals surface area contributed by atoms with E-state index >= 15 is 0 Å². The molecule has 2 atom stereocenters. The summed E-state index contributed by atoms with van der Waals surface area (Å²) >= 11 is 6.29. The number of nitrogens with zero attached hydrogens (tertiary/aromatic N) is 6. The number of anilines is 1. The van der Waals surface area contributed by atoms with Crippen LogP contribution in [0.15, 0.2) is 37.1 Å². The van der Waals surface area contributed by atoms with Gasteiger partial charge in [0.05, 0.1) is 29.3 Å². The monoisotopic (exact) mass is 491 g/mol. The summed E-state index contributed by atoms with van der Waals surface area (Å²) in [4.78, 5) is 31.9. The topological polar surface area (TPSA) is 102 Å². The quantitative estimate of drug-likeness (QED) is 0.438. The number of nitrogens with one attached hydrogen (secondary N) is 1. The third-order valence-electron chi connectivity index (χ3n) is 7.24. The van der Waals surface area contributed by atoms with Crippen molar-refractivity contribution >= 4 is 34.4 Å². The van der Waals surface area contributed by atoms with Crippen LogP contribution in [0.4, 0.5) is 5.82 Å². The normalized spacial score (nSPS) is 19.9. The van der Waals surface area contributed by atoms with Crippen molar-refractivity contribution < 1.29 is 9.53 Å². The van der Waals surface area contributed by atoms with Crippen molar-refractivity contribution in [1.82, 2.24) is 29.7 Å². The van der Waals surface area contributed by atoms with Crippen molar-refractivity contribution in [2.75, 3.05) is 18.1 Å². The Balaban J connectivity index is 1.19. The lowest BCUT2D eigenvalue weighted by atomic mass is 9.80. The largest absolute Gasteiger partial charge is 0.491 e. The van der Waals surface area contributed by atoms with E-state index in [1.54, 1.807) is 23.5 Å². The van der Waals surface area contributed by atoms with Gasteiger partial charge in [-0.1, -0.05) is 23.7 Å². The van der Waals surface area contributed by atoms with Crippen LogP contribution in [0.2, 0.25) is 5.02 Å². The summed E-state index contributed by atoms with van der Waals surface area (Å²) < 4.78 is 8.12. The Kier molecular flexibility index (Phi) is 5.64. The fraction of sp³-hybridized carbons (Fsp3) is 0.400. The molecule has 6 rings (SSSR count). The third-order valence-corrected chi connectivity index (χ3v) is 7.56. The van der Waals surface area contributed by atoms with Crippen LogP contribution in [0.3, 0.4) is 0 Å². The summed E-state index contributed by atoms with van der Waals surface area (Å²) in [6.45, 7) is 1.42. The number of aromatic amines is 1. The van der Waals surface area contributed by atoms with E-state index in [9.17, 15) is 4.79 Å². The molecule has 1 fully saturated rings. The number of carbonyl (C=O) groups is 1. The van der Waals surface area contributed by atoms with Gasteiger partial charge in [0.15, 0.2) is 17.2 Å². The lowest BCUT2D eigenvalue weighted by molar-refractivity contribution is 0.0898. The van der Waals surface area contributed by atoms with Crippen molar-refractivity contribution in [3.8, 4) is 5.75 Å². The lowest BCUT2D eigenvalue weighted by Crippen LogP contribution is -2.35. The highest BCUT2D eigenvalue weighted by Crippen LogP contribution is 2.35. The maximum atomic E-state index is 13.4. The van der Waals surface area contributed by atoms with E-state index in [0.717, 1.165) is 71.8 Å². The molecule has 1 aromatic carbocycles. The predicted octanol–water partition coefficient (Wildman–Crippen LogP) is 3.78. The van der Waals surface area contributed by atoms with Gasteiger partial charge in [-0.25, -0.2) is 15.0 Å². The number of imidazole rings is 1. The lowest BCUT2D eigenvalue weighted by Gasteiger charge is -2.28. The molecule has 0 amide bonds. The van der Waals surface area contributed by atoms with Gasteiger partial charge >= 0.3 is 0 Å². The van der Waals surface area contributed by atoms with E-state index in [2.05, 4.69) is 29.9 Å². The summed E-state index contributed by atoms with van der Waals surface area (Å²) in [6.07, 6.45) is 9.08. The maximum Gasteiger partial charge on any atom is 0.166 e. The number of H-pyrrole nitrogens is 1. The van der Waals surface area contributed by atoms with Gasteiger partial charge in [0.1, 0.15) is 24.2 Å². The zero-order valence-electron chi connectivity index (χ0n) is 19.4. The molecule has 1 N–H and O–H groups in total. The highest BCUT2D eigenvalue weighted by atomic mass is 35.5. The van der Waals surface area contributed by atoms with Crippen molar-refractivity contribution in [2.45, 2.75) is 38.1 Å². The number of aromatic nitrogens is 6. The Hall–Kier alpha value is -3.46. The Morgan fingerprint density at radius 1 is 1.23 bits per heavy atom. The van der Waals surface area contributed by atoms with Crippen LogP contribution >= 0.6 is 11.6 Å². The second kappa shape index (κ2) is 8.96. The van der Waals surface area contributed by atoms with Gasteiger partial charge in [0, 0.05) is 37.1 Å². The van der Waals surface area contributed by atoms with E-state index in [-0.39, 0.29) is 17.7 Å². The number of rotatable bonds is 6. The molecular formula is C25H26ClN7O2. The fourth-order valence-corrected chi connectivity index (χ4v) is 5.63. The number of fused-ring (bicyclic) bond motifs is 2. The molecule has 9 nitrogen and oxygen atoms in total. The van der Waals surface area contributed by atoms with E-state index < -0.39 is 0 Å². The average molecular weight is 492 g/mol. The summed E-state index contributed by atoms with van der Waals surface area (Å²) in [5, 5.41) is 4.82. The Labute approximate surface area is 207 Å². The number of ether oxygens (including phenoxy) is 1. The van der Waals surface area contributed by atoms with Crippen LogP contribution in [0.5, 0.6) is 5.75 Å². The first-order chi connectivity index (χ1) is 17.1. The molecule has 1 aliphatic carbocycles. The molecule has 0 spiro atoms. The van der Waals surface area contributed by atoms with E-state index in [4.69, 9.17) is 16.3 Å². The second-order valence-corrected chi connectivity index (χ2v) is 9.65. The standard InChI is InChI=1S/C25H26ClN7O2/c1-32-20(19(26)11-31-32)10-15-7-8-17-18(23(15)34)5-2-6-21(17)35-12-16-4-3-9-33(16)25-22-24(28-13-27-22)29-14-30-25/h2,5-6,11,13-16H,3-4,7-10,12H2,1H3,(H,27,28,29,30)/t15-,16-/m1/s1. The van der Waals surface area contributed by atoms with Gasteiger partial charge < -0.3 is 14.6 Å².